The van der Waals surface area contributed by atoms with Crippen molar-refractivity contribution in [2.75, 3.05) is 33.9 Å². The number of hydrogen-bond acceptors (Lipinski definition) is 4. The van der Waals surface area contributed by atoms with Crippen molar-refractivity contribution < 1.29 is 14.3 Å². The smallest absolute Gasteiger partial charge is 0.244 e. The van der Waals surface area contributed by atoms with Crippen molar-refractivity contribution in [2.45, 2.75) is 18.4 Å². The molecule has 0 aromatic heterocycles. The minimum Gasteiger partial charge on any atom is -0.379 e. The molecule has 1 heterocycles. The van der Waals surface area contributed by atoms with Crippen LogP contribution in [-0.2, 0) is 14.3 Å². The van der Waals surface area contributed by atoms with Gasteiger partial charge in [0.15, 0.2) is 0 Å². The third kappa shape index (κ3) is 2.93. The van der Waals surface area contributed by atoms with E-state index in [9.17, 15) is 9.59 Å². The van der Waals surface area contributed by atoms with E-state index in [-0.39, 0.29) is 24.8 Å². The lowest BCUT2D eigenvalue weighted by Crippen LogP contribution is -2.55. The molecule has 6 nitrogen and oxygen atoms in total. The van der Waals surface area contributed by atoms with E-state index in [4.69, 9.17) is 10.5 Å². The molecule has 16 heavy (non-hydrogen) atoms. The van der Waals surface area contributed by atoms with E-state index in [2.05, 4.69) is 5.32 Å². The number of hydrogen-bond donors (Lipinski definition) is 2. The van der Waals surface area contributed by atoms with E-state index in [0.29, 0.717) is 19.6 Å². The summed E-state index contributed by atoms with van der Waals surface area (Å²) in [6.45, 7) is 1.15. The number of ether oxygens (including phenoxy) is 1. The first-order valence-electron chi connectivity index (χ1n) is 5.32. The summed E-state index contributed by atoms with van der Waals surface area (Å²) >= 11 is 0. The number of carbonyl (C=O) groups is 2. The Labute approximate surface area is 95.1 Å². The molecular formula is C10H19N3O3. The molecule has 0 aliphatic carbocycles. The average molecular weight is 229 g/mol. The number of amides is 2. The van der Waals surface area contributed by atoms with Crippen LogP contribution in [-0.4, -0.2) is 56.1 Å². The van der Waals surface area contributed by atoms with E-state index in [1.54, 1.807) is 14.1 Å². The topological polar surface area (TPSA) is 84.7 Å². The fourth-order valence-electron chi connectivity index (χ4n) is 1.63. The maximum Gasteiger partial charge on any atom is 0.244 e. The summed E-state index contributed by atoms with van der Waals surface area (Å²) in [5.74, 6) is -0.248. The number of carbonyl (C=O) groups excluding carboxylic acids is 2. The first-order chi connectivity index (χ1) is 7.49. The lowest BCUT2D eigenvalue weighted by molar-refractivity contribution is -0.136. The van der Waals surface area contributed by atoms with Gasteiger partial charge in [-0.05, 0) is 6.42 Å². The first kappa shape index (κ1) is 12.9. The van der Waals surface area contributed by atoms with Gasteiger partial charge in [-0.25, -0.2) is 0 Å². The van der Waals surface area contributed by atoms with Gasteiger partial charge in [-0.2, -0.15) is 0 Å². The molecule has 92 valence electrons. The highest BCUT2D eigenvalue weighted by Crippen LogP contribution is 2.17. The summed E-state index contributed by atoms with van der Waals surface area (Å²) in [6, 6.07) is 0. The molecule has 0 radical (unpaired) electrons. The van der Waals surface area contributed by atoms with E-state index in [0.717, 1.165) is 0 Å². The van der Waals surface area contributed by atoms with Crippen LogP contribution in [0.25, 0.3) is 0 Å². The van der Waals surface area contributed by atoms with Crippen molar-refractivity contribution in [1.82, 2.24) is 10.2 Å². The molecule has 0 aromatic rings. The third-order valence-electron chi connectivity index (χ3n) is 2.78. The van der Waals surface area contributed by atoms with Gasteiger partial charge in [0.05, 0.1) is 6.61 Å². The molecule has 1 atom stereocenters. The molecule has 1 aliphatic heterocycles. The highest BCUT2D eigenvalue weighted by atomic mass is 16.5. The number of nitrogens with two attached hydrogens (primary N) is 1. The minimum atomic E-state index is -0.905. The Morgan fingerprint density at radius 3 is 2.75 bits per heavy atom. The quantitative estimate of drug-likeness (QED) is 0.627. The summed E-state index contributed by atoms with van der Waals surface area (Å²) in [6.07, 6.45) is 0.825. The van der Waals surface area contributed by atoms with Crippen LogP contribution in [0.1, 0.15) is 12.8 Å². The summed E-state index contributed by atoms with van der Waals surface area (Å²) < 4.78 is 5.13. The van der Waals surface area contributed by atoms with Crippen LogP contribution in [0.3, 0.4) is 0 Å². The molecule has 1 unspecified atom stereocenters. The zero-order valence-corrected chi connectivity index (χ0v) is 9.78. The van der Waals surface area contributed by atoms with Crippen LogP contribution in [0, 0.1) is 0 Å². The largest absolute Gasteiger partial charge is 0.379 e. The van der Waals surface area contributed by atoms with Crippen LogP contribution < -0.4 is 11.1 Å². The molecule has 1 fully saturated rings. The van der Waals surface area contributed by atoms with Gasteiger partial charge < -0.3 is 20.7 Å². The Hall–Kier alpha value is -1.14. The van der Waals surface area contributed by atoms with Crippen LogP contribution in [0.15, 0.2) is 0 Å². The Morgan fingerprint density at radius 2 is 2.25 bits per heavy atom. The minimum absolute atomic E-state index is 0.0895. The third-order valence-corrected chi connectivity index (χ3v) is 2.78. The van der Waals surface area contributed by atoms with Gasteiger partial charge in [-0.1, -0.05) is 0 Å². The van der Waals surface area contributed by atoms with Gasteiger partial charge in [0.25, 0.3) is 0 Å². The van der Waals surface area contributed by atoms with E-state index < -0.39 is 5.54 Å². The first-order valence-corrected chi connectivity index (χ1v) is 5.32. The van der Waals surface area contributed by atoms with Crippen molar-refractivity contribution in [3.8, 4) is 0 Å². The molecule has 3 N–H and O–H groups in total. The molecule has 0 aromatic carbocycles. The van der Waals surface area contributed by atoms with Gasteiger partial charge >= 0.3 is 0 Å². The molecule has 1 rings (SSSR count). The van der Waals surface area contributed by atoms with Crippen LogP contribution in [0.4, 0.5) is 0 Å². The molecular weight excluding hydrogens is 210 g/mol. The second-order valence-electron chi connectivity index (χ2n) is 4.11. The zero-order chi connectivity index (χ0) is 12.2. The van der Waals surface area contributed by atoms with Gasteiger partial charge in [-0.3, -0.25) is 9.59 Å². The average Bonchev–Trinajstić information content (AvgIpc) is 2.72. The fourth-order valence-corrected chi connectivity index (χ4v) is 1.63. The van der Waals surface area contributed by atoms with Crippen LogP contribution in [0.5, 0.6) is 0 Å². The zero-order valence-electron chi connectivity index (χ0n) is 9.78. The standard InChI is InChI=1S/C10H19N3O3/c1-12-8(14)3-5-13(2)9(15)10(11)4-6-16-7-10/h3-7,11H2,1-2H3,(H,12,14). The molecule has 1 saturated heterocycles. The van der Waals surface area contributed by atoms with Crippen LogP contribution in [0.2, 0.25) is 0 Å². The Morgan fingerprint density at radius 1 is 1.56 bits per heavy atom. The molecule has 0 saturated carbocycles. The maximum absolute atomic E-state index is 12.0. The number of rotatable bonds is 4. The van der Waals surface area contributed by atoms with E-state index in [1.165, 1.54) is 4.90 Å². The lowest BCUT2D eigenvalue weighted by Gasteiger charge is -2.27. The maximum atomic E-state index is 12.0. The van der Waals surface area contributed by atoms with Gasteiger partial charge in [0.2, 0.25) is 11.8 Å². The second kappa shape index (κ2) is 5.27. The van der Waals surface area contributed by atoms with Crippen molar-refractivity contribution in [3.63, 3.8) is 0 Å². The Kier molecular flexibility index (Phi) is 4.26. The molecule has 2 amide bonds. The summed E-state index contributed by atoms with van der Waals surface area (Å²) in [4.78, 5) is 24.5. The lowest BCUT2D eigenvalue weighted by atomic mass is 9.98. The Bertz CT molecular complexity index is 274. The summed E-state index contributed by atoms with van der Waals surface area (Å²) in [5, 5.41) is 2.51. The van der Waals surface area contributed by atoms with Gasteiger partial charge in [-0.15, -0.1) is 0 Å². The molecule has 0 bridgehead atoms. The van der Waals surface area contributed by atoms with Gasteiger partial charge in [0.1, 0.15) is 5.54 Å². The van der Waals surface area contributed by atoms with E-state index in [1.807, 2.05) is 0 Å². The Balaban J connectivity index is 2.44. The highest BCUT2D eigenvalue weighted by Gasteiger charge is 2.39. The SMILES string of the molecule is CNC(=O)CCN(C)C(=O)C1(N)CCOC1. The van der Waals surface area contributed by atoms with Crippen molar-refractivity contribution in [2.24, 2.45) is 5.73 Å². The van der Waals surface area contributed by atoms with Crippen molar-refractivity contribution in [3.05, 3.63) is 0 Å². The van der Waals surface area contributed by atoms with Crippen LogP contribution >= 0.6 is 0 Å². The molecule has 1 aliphatic rings. The normalized spacial score (nSPS) is 24.2. The predicted molar refractivity (Wildman–Crippen MR) is 58.7 cm³/mol. The number of nitrogens with zero attached hydrogens (tertiary/aromatic N) is 1. The molecule has 0 spiro atoms. The van der Waals surface area contributed by atoms with Crippen molar-refractivity contribution in [1.29, 1.82) is 0 Å². The summed E-state index contributed by atoms with van der Waals surface area (Å²) in [7, 11) is 3.22. The second-order valence-corrected chi connectivity index (χ2v) is 4.11. The monoisotopic (exact) mass is 229 g/mol. The molecule has 6 heteroatoms. The highest BCUT2D eigenvalue weighted by molar-refractivity contribution is 5.87. The summed E-state index contributed by atoms with van der Waals surface area (Å²) in [5.41, 5.74) is 5.02. The number of likely N-dealkylation sites (N-methyl/N-ethyl adjacent to an activating group) is 1. The fraction of sp³-hybridized carbons (Fsp3) is 0.800. The van der Waals surface area contributed by atoms with E-state index >= 15 is 0 Å². The van der Waals surface area contributed by atoms with Crippen molar-refractivity contribution >= 4 is 11.8 Å². The predicted octanol–water partition coefficient (Wildman–Crippen LogP) is -1.30. The van der Waals surface area contributed by atoms with Gasteiger partial charge in [0, 0.05) is 33.7 Å². The number of nitrogens with one attached hydrogen (secondary N) is 1.